The van der Waals surface area contributed by atoms with E-state index in [2.05, 4.69) is 5.32 Å². The highest BCUT2D eigenvalue weighted by atomic mass is 35.5. The molecule has 1 aliphatic heterocycles. The van der Waals surface area contributed by atoms with Gasteiger partial charge in [-0.1, -0.05) is 36.4 Å². The molecule has 1 fully saturated rings. The van der Waals surface area contributed by atoms with Gasteiger partial charge in [0.25, 0.3) is 5.91 Å². The normalized spacial score (nSPS) is 16.8. The zero-order valence-corrected chi connectivity index (χ0v) is 16.9. The first-order valence-corrected chi connectivity index (χ1v) is 10.5. The van der Waals surface area contributed by atoms with Gasteiger partial charge in [-0.25, -0.2) is 8.42 Å². The van der Waals surface area contributed by atoms with Gasteiger partial charge in [0.1, 0.15) is 0 Å². The van der Waals surface area contributed by atoms with Crippen LogP contribution in [0, 0.1) is 5.92 Å². The molecule has 2 aromatic rings. The fourth-order valence-electron chi connectivity index (χ4n) is 3.35. The van der Waals surface area contributed by atoms with Crippen LogP contribution in [0.5, 0.6) is 0 Å². The summed E-state index contributed by atoms with van der Waals surface area (Å²) >= 11 is 0. The van der Waals surface area contributed by atoms with Gasteiger partial charge in [-0.05, 0) is 49.7 Å². The number of likely N-dealkylation sites (tertiary alicyclic amines) is 1. The minimum Gasteiger partial charge on any atom is -0.338 e. The zero-order chi connectivity index (χ0) is 18.6. The lowest BCUT2D eigenvalue weighted by atomic mass is 10.1. The van der Waals surface area contributed by atoms with Crippen LogP contribution >= 0.6 is 12.4 Å². The highest BCUT2D eigenvalue weighted by Crippen LogP contribution is 2.21. The van der Waals surface area contributed by atoms with Crippen molar-refractivity contribution in [2.45, 2.75) is 17.1 Å². The number of hydrogen-bond acceptors (Lipinski definition) is 4. The highest BCUT2D eigenvalue weighted by molar-refractivity contribution is 7.90. The third-order valence-electron chi connectivity index (χ3n) is 4.71. The van der Waals surface area contributed by atoms with Gasteiger partial charge in [0.2, 0.25) is 0 Å². The van der Waals surface area contributed by atoms with Crippen molar-refractivity contribution in [1.29, 1.82) is 0 Å². The number of sulfone groups is 1. The van der Waals surface area contributed by atoms with E-state index in [0.717, 1.165) is 18.5 Å². The molecule has 0 saturated carbocycles. The molecule has 1 aliphatic rings. The second kappa shape index (κ2) is 9.35. The van der Waals surface area contributed by atoms with E-state index in [1.54, 1.807) is 30.3 Å². The Hall–Kier alpha value is -1.89. The van der Waals surface area contributed by atoms with Crippen molar-refractivity contribution in [3.8, 4) is 0 Å². The minimum absolute atomic E-state index is 0. The largest absolute Gasteiger partial charge is 0.338 e. The van der Waals surface area contributed by atoms with E-state index in [-0.39, 0.29) is 29.0 Å². The minimum atomic E-state index is -3.49. The van der Waals surface area contributed by atoms with Gasteiger partial charge in [-0.2, -0.15) is 0 Å². The van der Waals surface area contributed by atoms with E-state index in [1.165, 1.54) is 6.07 Å². The number of amides is 1. The van der Waals surface area contributed by atoms with E-state index >= 15 is 0 Å². The summed E-state index contributed by atoms with van der Waals surface area (Å²) in [4.78, 5) is 14.7. The Balaban J connectivity index is 0.00000261. The fourth-order valence-corrected chi connectivity index (χ4v) is 4.74. The van der Waals surface area contributed by atoms with Crippen molar-refractivity contribution in [3.05, 3.63) is 65.7 Å². The quantitative estimate of drug-likeness (QED) is 0.798. The molecule has 0 radical (unpaired) electrons. The molecule has 1 unspecified atom stereocenters. The molecule has 1 amide bonds. The van der Waals surface area contributed by atoms with Crippen LogP contribution in [-0.4, -0.2) is 45.9 Å². The van der Waals surface area contributed by atoms with Gasteiger partial charge in [0.15, 0.2) is 9.84 Å². The topological polar surface area (TPSA) is 66.5 Å². The Morgan fingerprint density at radius 1 is 1.15 bits per heavy atom. The molecule has 0 aliphatic carbocycles. The number of rotatable bonds is 6. The Morgan fingerprint density at radius 3 is 2.59 bits per heavy atom. The summed E-state index contributed by atoms with van der Waals surface area (Å²) in [6.45, 7) is 2.31. The van der Waals surface area contributed by atoms with Crippen molar-refractivity contribution < 1.29 is 13.2 Å². The first-order valence-electron chi connectivity index (χ1n) is 8.80. The average Bonchev–Trinajstić information content (AvgIpc) is 3.11. The van der Waals surface area contributed by atoms with Crippen LogP contribution in [0.4, 0.5) is 0 Å². The zero-order valence-electron chi connectivity index (χ0n) is 15.3. The highest BCUT2D eigenvalue weighted by Gasteiger charge is 2.27. The molecule has 3 rings (SSSR count). The molecule has 1 heterocycles. The third-order valence-corrected chi connectivity index (χ3v) is 6.39. The predicted molar refractivity (Wildman–Crippen MR) is 109 cm³/mol. The molecule has 2 aromatic carbocycles. The maximum Gasteiger partial charge on any atom is 0.253 e. The number of benzene rings is 2. The maximum absolute atomic E-state index is 12.7. The van der Waals surface area contributed by atoms with E-state index in [9.17, 15) is 13.2 Å². The van der Waals surface area contributed by atoms with Crippen LogP contribution in [-0.2, 0) is 15.6 Å². The SMILES string of the molecule is CNCC1CCN(C(=O)c2cccc(S(=O)(=O)Cc3ccccc3)c2)C1.Cl. The van der Waals surface area contributed by atoms with Crippen LogP contribution < -0.4 is 5.32 Å². The fraction of sp³-hybridized carbons (Fsp3) is 0.350. The summed E-state index contributed by atoms with van der Waals surface area (Å²) in [7, 11) is -1.58. The van der Waals surface area contributed by atoms with Gasteiger partial charge >= 0.3 is 0 Å². The van der Waals surface area contributed by atoms with Crippen LogP contribution in [0.3, 0.4) is 0 Å². The smallest absolute Gasteiger partial charge is 0.253 e. The molecule has 0 spiro atoms. The van der Waals surface area contributed by atoms with E-state index in [4.69, 9.17) is 0 Å². The van der Waals surface area contributed by atoms with Gasteiger partial charge in [0, 0.05) is 18.7 Å². The Bertz CT molecular complexity index is 872. The maximum atomic E-state index is 12.7. The number of nitrogens with one attached hydrogen (secondary N) is 1. The monoisotopic (exact) mass is 408 g/mol. The van der Waals surface area contributed by atoms with Crippen molar-refractivity contribution in [2.24, 2.45) is 5.92 Å². The molecule has 146 valence electrons. The molecule has 1 atom stereocenters. The molecular formula is C20H25ClN2O3S. The van der Waals surface area contributed by atoms with Gasteiger partial charge in [0.05, 0.1) is 10.6 Å². The molecular weight excluding hydrogens is 384 g/mol. The van der Waals surface area contributed by atoms with E-state index in [0.29, 0.717) is 24.6 Å². The summed E-state index contributed by atoms with van der Waals surface area (Å²) in [6.07, 6.45) is 0.971. The lowest BCUT2D eigenvalue weighted by Gasteiger charge is -2.17. The molecule has 1 N–H and O–H groups in total. The number of hydrogen-bond donors (Lipinski definition) is 1. The number of halogens is 1. The number of carbonyl (C=O) groups excluding carboxylic acids is 1. The van der Waals surface area contributed by atoms with Crippen LogP contribution in [0.15, 0.2) is 59.5 Å². The second-order valence-corrected chi connectivity index (χ2v) is 8.73. The van der Waals surface area contributed by atoms with Crippen LogP contribution in [0.2, 0.25) is 0 Å². The predicted octanol–water partition coefficient (Wildman–Crippen LogP) is 2.76. The van der Waals surface area contributed by atoms with Gasteiger partial charge in [-0.15, -0.1) is 12.4 Å². The standard InChI is InChI=1S/C20H24N2O3S.ClH/c1-21-13-17-10-11-22(14-17)20(23)18-8-5-9-19(12-18)26(24,25)15-16-6-3-2-4-7-16;/h2-9,12,17,21H,10-11,13-15H2,1H3;1H. The van der Waals surface area contributed by atoms with E-state index in [1.807, 2.05) is 30.1 Å². The average molecular weight is 409 g/mol. The summed E-state index contributed by atoms with van der Waals surface area (Å²) in [5, 5.41) is 3.14. The summed E-state index contributed by atoms with van der Waals surface area (Å²) in [5.41, 5.74) is 1.17. The van der Waals surface area contributed by atoms with Crippen molar-refractivity contribution in [3.63, 3.8) is 0 Å². The molecule has 1 saturated heterocycles. The molecule has 27 heavy (non-hydrogen) atoms. The first kappa shape index (κ1) is 21.4. The van der Waals surface area contributed by atoms with Crippen molar-refractivity contribution >= 4 is 28.2 Å². The van der Waals surface area contributed by atoms with Crippen LogP contribution in [0.25, 0.3) is 0 Å². The first-order chi connectivity index (χ1) is 12.5. The van der Waals surface area contributed by atoms with Crippen molar-refractivity contribution in [1.82, 2.24) is 10.2 Å². The summed E-state index contributed by atoms with van der Waals surface area (Å²) in [5.74, 6) is 0.286. The van der Waals surface area contributed by atoms with Crippen molar-refractivity contribution in [2.75, 3.05) is 26.7 Å². The molecule has 7 heteroatoms. The number of nitrogens with zero attached hydrogens (tertiary/aromatic N) is 1. The molecule has 0 aromatic heterocycles. The lowest BCUT2D eigenvalue weighted by Crippen LogP contribution is -2.30. The Labute approximate surface area is 167 Å². The lowest BCUT2D eigenvalue weighted by molar-refractivity contribution is 0.0787. The van der Waals surface area contributed by atoms with Gasteiger partial charge < -0.3 is 10.2 Å². The molecule has 5 nitrogen and oxygen atoms in total. The molecule has 0 bridgehead atoms. The van der Waals surface area contributed by atoms with Gasteiger partial charge in [-0.3, -0.25) is 4.79 Å². The second-order valence-electron chi connectivity index (χ2n) is 6.74. The summed E-state index contributed by atoms with van der Waals surface area (Å²) in [6, 6.07) is 15.5. The Morgan fingerprint density at radius 2 is 1.89 bits per heavy atom. The van der Waals surface area contributed by atoms with Crippen LogP contribution in [0.1, 0.15) is 22.3 Å². The summed E-state index contributed by atoms with van der Waals surface area (Å²) < 4.78 is 25.4. The van der Waals surface area contributed by atoms with E-state index < -0.39 is 9.84 Å². The number of carbonyl (C=O) groups is 1. The Kier molecular flexibility index (Phi) is 7.41. The third kappa shape index (κ3) is 5.31.